The number of aromatic amines is 1. The van der Waals surface area contributed by atoms with Crippen molar-refractivity contribution in [2.75, 3.05) is 0 Å². The largest absolute Gasteiger partial charge is 0.390 e. The number of aryl methyl sites for hydroxylation is 1. The average Bonchev–Trinajstić information content (AvgIpc) is 2.65. The topological polar surface area (TPSA) is 96.2 Å². The third-order valence-electron chi connectivity index (χ3n) is 2.72. The van der Waals surface area contributed by atoms with Crippen LogP contribution in [0.25, 0.3) is 10.9 Å². The maximum Gasteiger partial charge on any atom is 0.282 e. The number of benzene rings is 1. The number of hydrogen-bond donors (Lipinski definition) is 2. The van der Waals surface area contributed by atoms with Gasteiger partial charge in [0.15, 0.2) is 6.29 Å². The standard InChI is InChI=1S/C11H10N2O4.Ac/c1-6-2-3-8-10(11(6)13(16)17)7(4-14)9(5-15)12-8;/h2-4,12,15H,5H2,1H3;. The Kier molecular flexibility index (Phi) is 5.02. The second kappa shape index (κ2) is 5.92. The summed E-state index contributed by atoms with van der Waals surface area (Å²) >= 11 is 0. The fourth-order valence-corrected chi connectivity index (χ4v) is 1.94. The first kappa shape index (κ1) is 15.3. The molecule has 1 aromatic carbocycles. The predicted molar refractivity (Wildman–Crippen MR) is 61.0 cm³/mol. The molecule has 18 heavy (non-hydrogen) atoms. The number of rotatable bonds is 3. The van der Waals surface area contributed by atoms with Crippen molar-refractivity contribution < 1.29 is 58.9 Å². The molecule has 0 spiro atoms. The molecular weight excluding hydrogens is 451 g/mol. The van der Waals surface area contributed by atoms with Crippen molar-refractivity contribution in [2.24, 2.45) is 0 Å². The minimum absolute atomic E-state index is 0. The number of nitrogens with zero attached hydrogens (tertiary/aromatic N) is 1. The number of carbonyl (C=O) groups excluding carboxylic acids is 1. The van der Waals surface area contributed by atoms with Crippen molar-refractivity contribution >= 4 is 22.9 Å². The first-order valence-corrected chi connectivity index (χ1v) is 4.94. The zero-order valence-corrected chi connectivity index (χ0v) is 14.4. The van der Waals surface area contributed by atoms with E-state index in [4.69, 9.17) is 5.11 Å². The summed E-state index contributed by atoms with van der Waals surface area (Å²) < 4.78 is 0. The van der Waals surface area contributed by atoms with Gasteiger partial charge in [-0.1, -0.05) is 6.07 Å². The Morgan fingerprint density at radius 2 is 2.17 bits per heavy atom. The van der Waals surface area contributed by atoms with Crippen molar-refractivity contribution in [3.63, 3.8) is 0 Å². The minimum Gasteiger partial charge on any atom is -0.390 e. The van der Waals surface area contributed by atoms with E-state index in [-0.39, 0.29) is 67.3 Å². The van der Waals surface area contributed by atoms with E-state index in [0.29, 0.717) is 23.1 Å². The van der Waals surface area contributed by atoms with Gasteiger partial charge in [-0.05, 0) is 13.0 Å². The summed E-state index contributed by atoms with van der Waals surface area (Å²) in [4.78, 5) is 24.3. The van der Waals surface area contributed by atoms with Gasteiger partial charge in [-0.15, -0.1) is 0 Å². The van der Waals surface area contributed by atoms with Crippen LogP contribution in [0.5, 0.6) is 0 Å². The van der Waals surface area contributed by atoms with E-state index in [1.807, 2.05) is 0 Å². The van der Waals surface area contributed by atoms with Crippen LogP contribution in [0.3, 0.4) is 0 Å². The Bertz CT molecular complexity index is 621. The molecule has 1 heterocycles. The van der Waals surface area contributed by atoms with Crippen LogP contribution in [-0.4, -0.2) is 21.3 Å². The van der Waals surface area contributed by atoms with Crippen LogP contribution in [0.15, 0.2) is 12.1 Å². The van der Waals surface area contributed by atoms with Gasteiger partial charge in [-0.2, -0.15) is 0 Å². The molecule has 2 rings (SSSR count). The molecule has 2 N–H and O–H groups in total. The number of aliphatic hydroxyl groups excluding tert-OH is 1. The number of H-pyrrole nitrogens is 1. The summed E-state index contributed by atoms with van der Waals surface area (Å²) in [5, 5.41) is 20.4. The first-order chi connectivity index (χ1) is 8.10. The van der Waals surface area contributed by atoms with Gasteiger partial charge in [-0.3, -0.25) is 14.9 Å². The second-order valence-electron chi connectivity index (χ2n) is 3.70. The van der Waals surface area contributed by atoms with Gasteiger partial charge < -0.3 is 10.1 Å². The molecule has 0 atom stereocenters. The van der Waals surface area contributed by atoms with Gasteiger partial charge in [0.2, 0.25) is 0 Å². The molecule has 0 aliphatic carbocycles. The summed E-state index contributed by atoms with van der Waals surface area (Å²) in [6.45, 7) is 1.25. The number of hydrogen-bond acceptors (Lipinski definition) is 4. The smallest absolute Gasteiger partial charge is 0.282 e. The third kappa shape index (κ3) is 2.35. The summed E-state index contributed by atoms with van der Waals surface area (Å²) in [7, 11) is 0. The van der Waals surface area contributed by atoms with Crippen LogP contribution in [0.4, 0.5) is 5.69 Å². The van der Waals surface area contributed by atoms with E-state index < -0.39 is 4.92 Å². The molecule has 0 aliphatic heterocycles. The number of carbonyl (C=O) groups is 1. The first-order valence-electron chi connectivity index (χ1n) is 4.94. The molecular formula is C11H10AcN2O4. The molecule has 0 saturated carbocycles. The molecule has 0 aliphatic rings. The molecule has 0 saturated heterocycles. The molecule has 0 unspecified atom stereocenters. The molecule has 0 amide bonds. The van der Waals surface area contributed by atoms with E-state index >= 15 is 0 Å². The van der Waals surface area contributed by atoms with Gasteiger partial charge in [0.1, 0.15) is 0 Å². The van der Waals surface area contributed by atoms with E-state index in [2.05, 4.69) is 4.98 Å². The number of aldehydes is 1. The van der Waals surface area contributed by atoms with E-state index in [9.17, 15) is 14.9 Å². The fraction of sp³-hybridized carbons (Fsp3) is 0.182. The van der Waals surface area contributed by atoms with Crippen molar-refractivity contribution in [2.45, 2.75) is 13.5 Å². The fourth-order valence-electron chi connectivity index (χ4n) is 1.94. The molecule has 1 aromatic heterocycles. The second-order valence-corrected chi connectivity index (χ2v) is 3.70. The Hall–Kier alpha value is -0.768. The summed E-state index contributed by atoms with van der Waals surface area (Å²) in [5.74, 6) is 0. The minimum atomic E-state index is -0.514. The number of aromatic nitrogens is 1. The Balaban J connectivity index is 0.00000162. The Labute approximate surface area is 138 Å². The SMILES string of the molecule is Cc1ccc2[nH]c(CO)c(C=O)c2c1[N+](=O)[O-].[Ac]. The van der Waals surface area contributed by atoms with E-state index in [0.717, 1.165) is 0 Å². The summed E-state index contributed by atoms with van der Waals surface area (Å²) in [6.07, 6.45) is 0.525. The zero-order valence-electron chi connectivity index (χ0n) is 9.64. The summed E-state index contributed by atoms with van der Waals surface area (Å²) in [6, 6.07) is 3.26. The van der Waals surface area contributed by atoms with Crippen LogP contribution in [0.2, 0.25) is 0 Å². The molecule has 1 radical (unpaired) electrons. The van der Waals surface area contributed by atoms with Crippen molar-refractivity contribution in [1.29, 1.82) is 0 Å². The Morgan fingerprint density at radius 1 is 1.50 bits per heavy atom. The van der Waals surface area contributed by atoms with Gasteiger partial charge in [0.05, 0.1) is 33.7 Å². The normalized spacial score (nSPS) is 10.1. The molecule has 0 fully saturated rings. The van der Waals surface area contributed by atoms with Gasteiger partial charge in [0.25, 0.3) is 5.69 Å². The molecule has 7 heteroatoms. The van der Waals surface area contributed by atoms with Gasteiger partial charge in [0, 0.05) is 49.6 Å². The van der Waals surface area contributed by atoms with Gasteiger partial charge >= 0.3 is 0 Å². The average molecular weight is 461 g/mol. The third-order valence-corrected chi connectivity index (χ3v) is 2.72. The Morgan fingerprint density at radius 3 is 2.67 bits per heavy atom. The molecule has 91 valence electrons. The van der Waals surface area contributed by atoms with Crippen LogP contribution in [0.1, 0.15) is 21.6 Å². The van der Waals surface area contributed by atoms with Crippen molar-refractivity contribution in [3.8, 4) is 0 Å². The van der Waals surface area contributed by atoms with Crippen molar-refractivity contribution in [3.05, 3.63) is 39.1 Å². The number of nitrogens with one attached hydrogen (secondary N) is 1. The van der Waals surface area contributed by atoms with E-state index in [1.54, 1.807) is 19.1 Å². The van der Waals surface area contributed by atoms with Crippen molar-refractivity contribution in [1.82, 2.24) is 4.98 Å². The van der Waals surface area contributed by atoms with Crippen LogP contribution in [0, 0.1) is 61.1 Å². The van der Waals surface area contributed by atoms with Crippen LogP contribution >= 0.6 is 0 Å². The number of nitro groups is 1. The zero-order chi connectivity index (χ0) is 12.6. The summed E-state index contributed by atoms with van der Waals surface area (Å²) in [5.41, 5.74) is 1.31. The quantitative estimate of drug-likeness (QED) is 0.413. The molecule has 2 aromatic rings. The molecule has 6 nitrogen and oxygen atoms in total. The van der Waals surface area contributed by atoms with Crippen LogP contribution < -0.4 is 0 Å². The van der Waals surface area contributed by atoms with Gasteiger partial charge in [-0.25, -0.2) is 0 Å². The number of nitro benzene ring substituents is 1. The maximum atomic E-state index is 11.0. The van der Waals surface area contributed by atoms with E-state index in [1.165, 1.54) is 0 Å². The van der Waals surface area contributed by atoms with Crippen LogP contribution in [-0.2, 0) is 6.61 Å². The number of fused-ring (bicyclic) bond motifs is 1. The predicted octanol–water partition coefficient (Wildman–Crippen LogP) is 1.69. The molecule has 0 bridgehead atoms. The number of aliphatic hydroxyl groups is 1. The maximum absolute atomic E-state index is 11.0. The monoisotopic (exact) mass is 461 g/mol.